The van der Waals surface area contributed by atoms with E-state index in [9.17, 15) is 34.0 Å². The second-order valence-corrected chi connectivity index (χ2v) is 18.8. The number of nitriles is 1. The third-order valence-corrected chi connectivity index (χ3v) is 14.3. The lowest BCUT2D eigenvalue weighted by atomic mass is 9.69. The zero-order valence-electron chi connectivity index (χ0n) is 39.7. The van der Waals surface area contributed by atoms with Gasteiger partial charge in [0.2, 0.25) is 5.91 Å². The number of piperazine rings is 1. The summed E-state index contributed by atoms with van der Waals surface area (Å²) in [7, 11) is 0. The molecule has 4 N–H and O–H groups in total. The molecule has 1 unspecified atom stereocenters. The number of piperidine rings is 1. The number of aryl methyl sites for hydroxylation is 1. The van der Waals surface area contributed by atoms with E-state index in [1.807, 2.05) is 36.0 Å². The van der Waals surface area contributed by atoms with E-state index in [1.54, 1.807) is 24.1 Å². The van der Waals surface area contributed by atoms with Gasteiger partial charge in [0.25, 0.3) is 0 Å². The minimum Gasteiger partial charge on any atom is -0.384 e. The monoisotopic (exact) mass is 926 g/mol. The number of hydrogen-bond donors (Lipinski definition) is 4. The summed E-state index contributed by atoms with van der Waals surface area (Å²) in [6.45, 7) is 12.6. The topological polar surface area (TPSA) is 189 Å². The number of H-pyrrole nitrogens is 1. The number of nitrogens with zero attached hydrogens (tertiary/aromatic N) is 4. The van der Waals surface area contributed by atoms with E-state index < -0.39 is 11.5 Å². The van der Waals surface area contributed by atoms with E-state index in [0.29, 0.717) is 53.5 Å². The molecule has 0 bridgehead atoms. The van der Waals surface area contributed by atoms with E-state index in [1.165, 1.54) is 15.8 Å². The number of allylic oxidation sites excluding steroid dienone is 2. The van der Waals surface area contributed by atoms with E-state index >= 15 is 0 Å². The molecule has 2 fully saturated rings. The van der Waals surface area contributed by atoms with Crippen molar-refractivity contribution in [1.82, 2.24) is 25.1 Å². The number of aromatic amines is 1. The average Bonchev–Trinajstić information content (AvgIpc) is 3.93. The summed E-state index contributed by atoms with van der Waals surface area (Å²) in [6.07, 6.45) is 8.44. The molecule has 3 aliphatic rings. The Morgan fingerprint density at radius 2 is 1.59 bits per heavy atom. The van der Waals surface area contributed by atoms with Crippen LogP contribution in [0.25, 0.3) is 27.2 Å². The summed E-state index contributed by atoms with van der Waals surface area (Å²) in [5.74, 6) is 9.91. The first kappa shape index (κ1) is 48.0. The molecule has 1 aliphatic carbocycles. The van der Waals surface area contributed by atoms with Gasteiger partial charge in [-0.15, -0.1) is 0 Å². The molecule has 14 heteroatoms. The van der Waals surface area contributed by atoms with Crippen LogP contribution >= 0.6 is 0 Å². The molecule has 354 valence electrons. The second kappa shape index (κ2) is 21.3. The fourth-order valence-corrected chi connectivity index (χ4v) is 10.7. The van der Waals surface area contributed by atoms with Crippen LogP contribution < -0.4 is 31.5 Å². The highest BCUT2D eigenvalue weighted by molar-refractivity contribution is 6.10. The van der Waals surface area contributed by atoms with Crippen LogP contribution in [-0.4, -0.2) is 95.9 Å². The maximum absolute atomic E-state index is 12.7. The quantitative estimate of drug-likeness (QED) is 0.0701. The lowest BCUT2D eigenvalue weighted by molar-refractivity contribution is -0.121. The van der Waals surface area contributed by atoms with Gasteiger partial charge >= 0.3 is 0 Å². The number of hydrogen-bond acceptors (Lipinski definition) is 11. The lowest BCUT2D eigenvalue weighted by Gasteiger charge is -2.39. The molecule has 4 heterocycles. The number of amides is 1. The number of unbranched alkanes of at least 4 members (excludes halogenated alkanes) is 5. The van der Waals surface area contributed by atoms with Crippen molar-refractivity contribution in [2.24, 2.45) is 0 Å². The van der Waals surface area contributed by atoms with Gasteiger partial charge in [-0.25, -0.2) is 24.0 Å². The van der Waals surface area contributed by atoms with Crippen LogP contribution in [0.4, 0.5) is 11.4 Å². The Balaban J connectivity index is 0.739. The largest absolute Gasteiger partial charge is 0.384 e. The third kappa shape index (κ3) is 9.54. The molecule has 69 heavy (non-hydrogen) atoms. The normalized spacial score (nSPS) is 16.3. The SMILES string of the molecule is CCc1cc2c(cc1N1CCN(CCCCCC(=O)NCCCCCCNc3cccc4c(=C=O)n(C5CCC(=C=O)NC5=C=O)c(=C=O)c34)CC1)C(C)(C)c1[nH]c3cc(C#N)ccc3c1C2=C=O. The van der Waals surface area contributed by atoms with Gasteiger partial charge in [-0.2, -0.15) is 5.26 Å². The summed E-state index contributed by atoms with van der Waals surface area (Å²) in [5, 5.41) is 20.9. The zero-order chi connectivity index (χ0) is 48.7. The summed E-state index contributed by atoms with van der Waals surface area (Å²) >= 11 is 0. The molecule has 2 aromatic heterocycles. The van der Waals surface area contributed by atoms with E-state index in [-0.39, 0.29) is 34.4 Å². The van der Waals surface area contributed by atoms with Crippen LogP contribution in [0.15, 0.2) is 59.9 Å². The number of nitrogens with one attached hydrogen (secondary N) is 4. The first-order valence-electron chi connectivity index (χ1n) is 24.3. The lowest BCUT2D eigenvalue weighted by Crippen LogP contribution is -2.47. The molecule has 3 aromatic carbocycles. The molecular weight excluding hydrogens is 869 g/mol. The van der Waals surface area contributed by atoms with E-state index in [0.717, 1.165) is 117 Å². The Bertz CT molecular complexity index is 3190. The van der Waals surface area contributed by atoms with Gasteiger partial charge in [0, 0.05) is 102 Å². The molecule has 5 aromatic rings. The highest BCUT2D eigenvalue weighted by Gasteiger charge is 2.39. The van der Waals surface area contributed by atoms with Gasteiger partial charge < -0.3 is 30.4 Å². The first-order chi connectivity index (χ1) is 33.6. The molecule has 2 aliphatic heterocycles. The van der Waals surface area contributed by atoms with Crippen LogP contribution in [0.5, 0.6) is 0 Å². The van der Waals surface area contributed by atoms with Crippen molar-refractivity contribution < 1.29 is 28.8 Å². The van der Waals surface area contributed by atoms with Gasteiger partial charge in [-0.05, 0) is 92.1 Å². The highest BCUT2D eigenvalue weighted by atomic mass is 16.1. The number of carbonyl (C=O) groups is 1. The molecule has 0 saturated carbocycles. The van der Waals surface area contributed by atoms with Crippen molar-refractivity contribution in [3.8, 4) is 6.07 Å². The van der Waals surface area contributed by atoms with Crippen LogP contribution in [-0.2, 0) is 40.6 Å². The van der Waals surface area contributed by atoms with Gasteiger partial charge in [0.05, 0.1) is 23.2 Å². The third-order valence-electron chi connectivity index (χ3n) is 14.3. The fraction of sp³-hybridized carbons (Fsp3) is 0.418. The van der Waals surface area contributed by atoms with Crippen molar-refractivity contribution in [1.29, 1.82) is 5.26 Å². The second-order valence-electron chi connectivity index (χ2n) is 18.8. The summed E-state index contributed by atoms with van der Waals surface area (Å²) in [4.78, 5) is 81.5. The Labute approximate surface area is 401 Å². The Morgan fingerprint density at radius 3 is 2.30 bits per heavy atom. The molecule has 1 atom stereocenters. The van der Waals surface area contributed by atoms with Crippen molar-refractivity contribution in [2.45, 2.75) is 103 Å². The maximum Gasteiger partial charge on any atom is 0.219 e. The van der Waals surface area contributed by atoms with Crippen molar-refractivity contribution in [3.05, 3.63) is 104 Å². The summed E-state index contributed by atoms with van der Waals surface area (Å²) < 4.78 is 1.46. The predicted octanol–water partition coefficient (Wildman–Crippen LogP) is 5.29. The number of benzene rings is 3. The highest BCUT2D eigenvalue weighted by Crippen LogP contribution is 2.49. The average molecular weight is 927 g/mol. The number of fused-ring (bicyclic) bond motifs is 5. The first-order valence-corrected chi connectivity index (χ1v) is 24.3. The number of rotatable bonds is 17. The Hall–Kier alpha value is -7.43. The predicted molar refractivity (Wildman–Crippen MR) is 267 cm³/mol. The maximum atomic E-state index is 12.7. The van der Waals surface area contributed by atoms with Crippen LogP contribution in [0.1, 0.15) is 125 Å². The molecule has 0 radical (unpaired) electrons. The zero-order valence-corrected chi connectivity index (χ0v) is 39.7. The Morgan fingerprint density at radius 1 is 0.826 bits per heavy atom. The smallest absolute Gasteiger partial charge is 0.219 e. The number of aromatic nitrogens is 2. The molecule has 1 amide bonds. The number of anilines is 2. The minimum atomic E-state index is -0.718. The Kier molecular flexibility index (Phi) is 14.8. The molecular formula is C55H58N8O6. The number of carbonyl (C=O) groups excluding carboxylic acids is 6. The van der Waals surface area contributed by atoms with Crippen LogP contribution in [0, 0.1) is 11.3 Å². The molecule has 2 saturated heterocycles. The molecule has 0 spiro atoms. The van der Waals surface area contributed by atoms with Crippen molar-refractivity contribution >= 4 is 74.2 Å². The fourth-order valence-electron chi connectivity index (χ4n) is 10.7. The standard InChI is InChI=1S/C55H58N8O6/c1-4-37-28-41-42(32-65)52-39-18-16-36(30-56)27-45(39)60-54(52)55(2,3)43(41)29-48(37)62-25-23-61(24-26-62)22-11-7-8-15-51(69)58-21-10-6-5-9-20-57-44-14-12-13-40-49(34-67)63(50(35-68)53(40)44)47-19-17-38(31-64)59-46(47)33-66/h12-14,16,18,27-29,47,57,59-60H,4-11,15,17,19-26H2,1-3H3,(H,58,69). The van der Waals surface area contributed by atoms with Gasteiger partial charge in [0.15, 0.2) is 11.9 Å². The molecule has 8 rings (SSSR count). The minimum absolute atomic E-state index is 0.0377. The van der Waals surface area contributed by atoms with E-state index in [2.05, 4.69) is 75.6 Å². The van der Waals surface area contributed by atoms with Crippen molar-refractivity contribution in [2.75, 3.05) is 56.0 Å². The van der Waals surface area contributed by atoms with Crippen LogP contribution in [0.3, 0.4) is 0 Å². The molecule has 14 nitrogen and oxygen atoms in total. The van der Waals surface area contributed by atoms with Gasteiger partial charge in [0.1, 0.15) is 39.9 Å². The summed E-state index contributed by atoms with van der Waals surface area (Å²) in [6, 6.07) is 17.0. The van der Waals surface area contributed by atoms with Crippen LogP contribution in [0.2, 0.25) is 0 Å². The van der Waals surface area contributed by atoms with Crippen molar-refractivity contribution in [3.63, 3.8) is 0 Å². The summed E-state index contributed by atoms with van der Waals surface area (Å²) in [5.41, 5.74) is 8.85. The van der Waals surface area contributed by atoms with Gasteiger partial charge in [-0.3, -0.25) is 9.69 Å². The van der Waals surface area contributed by atoms with Gasteiger partial charge in [-0.1, -0.05) is 58.2 Å². The van der Waals surface area contributed by atoms with E-state index in [4.69, 9.17) is 0 Å².